The Hall–Kier alpha value is -0.340. The summed E-state index contributed by atoms with van der Waals surface area (Å²) in [7, 11) is 0. The highest BCUT2D eigenvalue weighted by atomic mass is 32.1. The molecule has 0 spiro atoms. The van der Waals surface area contributed by atoms with Gasteiger partial charge in [0.15, 0.2) is 0 Å². The van der Waals surface area contributed by atoms with Crippen LogP contribution in [0.5, 0.6) is 0 Å². The molecule has 1 saturated carbocycles. The van der Waals surface area contributed by atoms with Crippen LogP contribution < -0.4 is 5.32 Å². The Morgan fingerprint density at radius 1 is 1.31 bits per heavy atom. The normalized spacial score (nSPS) is 28.7. The summed E-state index contributed by atoms with van der Waals surface area (Å²) in [6.07, 6.45) is 8.33. The first-order chi connectivity index (χ1) is 7.80. The number of nitrogens with one attached hydrogen (secondary N) is 1. The molecule has 88 valence electrons. The van der Waals surface area contributed by atoms with Crippen molar-refractivity contribution in [2.75, 3.05) is 6.54 Å². The van der Waals surface area contributed by atoms with Gasteiger partial charge >= 0.3 is 0 Å². The van der Waals surface area contributed by atoms with Crippen molar-refractivity contribution in [3.05, 3.63) is 21.9 Å². The first kappa shape index (κ1) is 10.8. The molecule has 0 bridgehead atoms. The third-order valence-electron chi connectivity index (χ3n) is 4.48. The first-order valence-electron chi connectivity index (χ1n) is 6.59. The van der Waals surface area contributed by atoms with Crippen LogP contribution in [0.25, 0.3) is 0 Å². The fourth-order valence-electron chi connectivity index (χ4n) is 3.46. The zero-order valence-corrected chi connectivity index (χ0v) is 10.9. The van der Waals surface area contributed by atoms with E-state index in [1.807, 2.05) is 11.3 Å². The largest absolute Gasteiger partial charge is 0.308 e. The van der Waals surface area contributed by atoms with E-state index in [1.165, 1.54) is 45.1 Å². The molecule has 1 N–H and O–H groups in total. The van der Waals surface area contributed by atoms with Gasteiger partial charge in [-0.05, 0) is 48.2 Å². The molecule has 3 rings (SSSR count). The lowest BCUT2D eigenvalue weighted by molar-refractivity contribution is 0.142. The van der Waals surface area contributed by atoms with Crippen LogP contribution in [0, 0.1) is 5.41 Å². The Bertz CT molecular complexity index is 363. The van der Waals surface area contributed by atoms with Gasteiger partial charge in [-0.2, -0.15) is 0 Å². The minimum Gasteiger partial charge on any atom is -0.308 e. The summed E-state index contributed by atoms with van der Waals surface area (Å²) in [6.45, 7) is 3.67. The molecular formula is C14H21NS. The zero-order valence-electron chi connectivity index (χ0n) is 10.1. The lowest BCUT2D eigenvalue weighted by Gasteiger charge is -2.43. The molecule has 1 aromatic heterocycles. The Morgan fingerprint density at radius 3 is 2.94 bits per heavy atom. The molecule has 1 unspecified atom stereocenters. The summed E-state index contributed by atoms with van der Waals surface area (Å²) >= 11 is 1.96. The van der Waals surface area contributed by atoms with Gasteiger partial charge in [-0.25, -0.2) is 0 Å². The predicted octanol–water partition coefficient (Wildman–Crippen LogP) is 3.91. The van der Waals surface area contributed by atoms with Crippen molar-refractivity contribution < 1.29 is 0 Å². The lowest BCUT2D eigenvalue weighted by atomic mass is 9.69. The van der Waals surface area contributed by atoms with Crippen LogP contribution in [0.1, 0.15) is 55.5 Å². The van der Waals surface area contributed by atoms with E-state index in [0.717, 1.165) is 0 Å². The van der Waals surface area contributed by atoms with Gasteiger partial charge in [0.25, 0.3) is 0 Å². The second kappa shape index (κ2) is 4.15. The fourth-order valence-corrected chi connectivity index (χ4v) is 4.67. The molecule has 16 heavy (non-hydrogen) atoms. The molecule has 2 heterocycles. The van der Waals surface area contributed by atoms with Gasteiger partial charge in [0, 0.05) is 10.9 Å². The molecule has 0 aromatic carbocycles. The smallest absolute Gasteiger partial charge is 0.0472 e. The van der Waals surface area contributed by atoms with Crippen LogP contribution in [-0.2, 0) is 6.42 Å². The Balaban J connectivity index is 1.90. The molecule has 1 atom stereocenters. The molecule has 0 saturated heterocycles. The van der Waals surface area contributed by atoms with Gasteiger partial charge in [0.05, 0.1) is 0 Å². The van der Waals surface area contributed by atoms with Crippen molar-refractivity contribution >= 4 is 11.3 Å². The molecule has 1 nitrogen and oxygen atoms in total. The third kappa shape index (κ3) is 1.72. The highest BCUT2D eigenvalue weighted by molar-refractivity contribution is 7.10. The number of fused-ring (bicyclic) bond motifs is 1. The average Bonchev–Trinajstić information content (AvgIpc) is 2.77. The van der Waals surface area contributed by atoms with Crippen molar-refractivity contribution in [1.29, 1.82) is 0 Å². The molecular weight excluding hydrogens is 214 g/mol. The van der Waals surface area contributed by atoms with E-state index in [1.54, 1.807) is 10.4 Å². The van der Waals surface area contributed by atoms with E-state index in [9.17, 15) is 0 Å². The van der Waals surface area contributed by atoms with Gasteiger partial charge in [0.1, 0.15) is 0 Å². The van der Waals surface area contributed by atoms with E-state index in [0.29, 0.717) is 11.5 Å². The van der Waals surface area contributed by atoms with Crippen LogP contribution in [0.4, 0.5) is 0 Å². The summed E-state index contributed by atoms with van der Waals surface area (Å²) in [5, 5.41) is 6.06. The van der Waals surface area contributed by atoms with Gasteiger partial charge in [0.2, 0.25) is 0 Å². The van der Waals surface area contributed by atoms with Crippen LogP contribution in [0.3, 0.4) is 0 Å². The van der Waals surface area contributed by atoms with Crippen LogP contribution >= 0.6 is 11.3 Å². The summed E-state index contributed by atoms with van der Waals surface area (Å²) in [5.41, 5.74) is 2.12. The summed E-state index contributed by atoms with van der Waals surface area (Å²) in [4.78, 5) is 1.63. The summed E-state index contributed by atoms with van der Waals surface area (Å²) in [6, 6.07) is 2.97. The molecule has 0 radical (unpaired) electrons. The standard InChI is InChI=1S/C14H21NS/c1-14(7-3-2-4-8-14)13-12-11(5-9-15-13)6-10-16-12/h6,10,13,15H,2-5,7-9H2,1H3. The van der Waals surface area contributed by atoms with Gasteiger partial charge in [-0.1, -0.05) is 26.2 Å². The molecule has 1 aliphatic heterocycles. The maximum atomic E-state index is 3.78. The highest BCUT2D eigenvalue weighted by Crippen LogP contribution is 2.48. The van der Waals surface area contributed by atoms with Crippen molar-refractivity contribution in [2.24, 2.45) is 5.41 Å². The lowest BCUT2D eigenvalue weighted by Crippen LogP contribution is -2.41. The molecule has 1 aliphatic carbocycles. The van der Waals surface area contributed by atoms with Crippen molar-refractivity contribution in [3.63, 3.8) is 0 Å². The maximum Gasteiger partial charge on any atom is 0.0472 e. The summed E-state index contributed by atoms with van der Waals surface area (Å²) in [5.74, 6) is 0. The maximum absolute atomic E-state index is 3.78. The zero-order chi connectivity index (χ0) is 11.0. The summed E-state index contributed by atoms with van der Waals surface area (Å²) < 4.78 is 0. The van der Waals surface area contributed by atoms with Crippen LogP contribution in [-0.4, -0.2) is 6.54 Å². The number of hydrogen-bond donors (Lipinski definition) is 1. The number of thiophene rings is 1. The SMILES string of the molecule is CC1(C2NCCc3ccsc32)CCCCC1. The molecule has 1 aromatic rings. The van der Waals surface area contributed by atoms with E-state index >= 15 is 0 Å². The Morgan fingerprint density at radius 2 is 2.12 bits per heavy atom. The number of rotatable bonds is 1. The van der Waals surface area contributed by atoms with E-state index in [2.05, 4.69) is 23.7 Å². The van der Waals surface area contributed by atoms with Crippen LogP contribution in [0.15, 0.2) is 11.4 Å². The second-order valence-corrected chi connectivity index (χ2v) is 6.61. The van der Waals surface area contributed by atoms with Gasteiger partial charge in [-0.15, -0.1) is 11.3 Å². The Kier molecular flexibility index (Phi) is 2.80. The fraction of sp³-hybridized carbons (Fsp3) is 0.714. The second-order valence-electron chi connectivity index (χ2n) is 5.66. The van der Waals surface area contributed by atoms with Crippen molar-refractivity contribution in [1.82, 2.24) is 5.32 Å². The quantitative estimate of drug-likeness (QED) is 0.778. The van der Waals surface area contributed by atoms with E-state index in [-0.39, 0.29) is 0 Å². The van der Waals surface area contributed by atoms with E-state index in [4.69, 9.17) is 0 Å². The molecule has 2 heteroatoms. The topological polar surface area (TPSA) is 12.0 Å². The van der Waals surface area contributed by atoms with Crippen LogP contribution in [0.2, 0.25) is 0 Å². The predicted molar refractivity (Wildman–Crippen MR) is 70.0 cm³/mol. The highest BCUT2D eigenvalue weighted by Gasteiger charge is 2.38. The van der Waals surface area contributed by atoms with Gasteiger partial charge < -0.3 is 5.32 Å². The molecule has 2 aliphatic rings. The number of hydrogen-bond acceptors (Lipinski definition) is 2. The molecule has 1 fully saturated rings. The minimum atomic E-state index is 0.512. The third-order valence-corrected chi connectivity index (χ3v) is 5.50. The van der Waals surface area contributed by atoms with Gasteiger partial charge in [-0.3, -0.25) is 0 Å². The first-order valence-corrected chi connectivity index (χ1v) is 7.47. The molecule has 0 amide bonds. The average molecular weight is 235 g/mol. The Labute approximate surface area is 102 Å². The monoisotopic (exact) mass is 235 g/mol. The van der Waals surface area contributed by atoms with E-state index < -0.39 is 0 Å². The van der Waals surface area contributed by atoms with Crippen molar-refractivity contribution in [2.45, 2.75) is 51.5 Å². The van der Waals surface area contributed by atoms with Crippen molar-refractivity contribution in [3.8, 4) is 0 Å². The minimum absolute atomic E-state index is 0.512.